The van der Waals surface area contributed by atoms with Crippen LogP contribution in [0.15, 0.2) is 48.2 Å². The molecule has 164 valence electrons. The smallest absolute Gasteiger partial charge is 0.352 e. The van der Waals surface area contributed by atoms with E-state index in [-0.39, 0.29) is 48.4 Å². The van der Waals surface area contributed by atoms with Crippen molar-refractivity contribution in [2.24, 2.45) is 0 Å². The van der Waals surface area contributed by atoms with Crippen LogP contribution in [0.5, 0.6) is 0 Å². The summed E-state index contributed by atoms with van der Waals surface area (Å²) in [6, 6.07) is 3.05. The van der Waals surface area contributed by atoms with Gasteiger partial charge in [0.2, 0.25) is 5.91 Å². The number of amides is 4. The quantitative estimate of drug-likeness (QED) is 0.675. The lowest BCUT2D eigenvalue weighted by Crippen LogP contribution is -2.47. The normalized spacial score (nSPS) is 21.2. The highest BCUT2D eigenvalue weighted by molar-refractivity contribution is 6.03. The summed E-state index contributed by atoms with van der Waals surface area (Å²) >= 11 is 0. The first kappa shape index (κ1) is 21.0. The van der Waals surface area contributed by atoms with Crippen molar-refractivity contribution >= 4 is 17.8 Å². The molecule has 2 aliphatic heterocycles. The van der Waals surface area contributed by atoms with Gasteiger partial charge in [-0.15, -0.1) is 6.58 Å². The molecule has 2 heterocycles. The lowest BCUT2D eigenvalue weighted by Gasteiger charge is -2.33. The van der Waals surface area contributed by atoms with Crippen LogP contribution in [0.25, 0.3) is 0 Å². The standard InChI is InChI=1S/C21H21F3N4O3/c1-2-9-28-15-10-27(11-16(29)25-12-7-8-12)19(30)17(15)18(26-20(28)31)13-5-3-4-6-14(13)21(22,23)24/h2-6,12,18H,1,7-11H2,(H,25,29)(H,26,31). The van der Waals surface area contributed by atoms with Gasteiger partial charge < -0.3 is 15.5 Å². The van der Waals surface area contributed by atoms with E-state index in [9.17, 15) is 27.6 Å². The predicted octanol–water partition coefficient (Wildman–Crippen LogP) is 2.33. The first-order valence-corrected chi connectivity index (χ1v) is 9.87. The highest BCUT2D eigenvalue weighted by Crippen LogP contribution is 2.41. The van der Waals surface area contributed by atoms with Crippen LogP contribution in [0, 0.1) is 0 Å². The van der Waals surface area contributed by atoms with Crippen LogP contribution in [0.4, 0.5) is 18.0 Å². The van der Waals surface area contributed by atoms with Crippen LogP contribution < -0.4 is 10.6 Å². The zero-order valence-corrected chi connectivity index (χ0v) is 16.5. The van der Waals surface area contributed by atoms with Crippen LogP contribution in [-0.2, 0) is 15.8 Å². The van der Waals surface area contributed by atoms with Crippen molar-refractivity contribution in [1.29, 1.82) is 0 Å². The minimum Gasteiger partial charge on any atom is -0.352 e. The number of hydrogen-bond donors (Lipinski definition) is 2. The van der Waals surface area contributed by atoms with Crippen molar-refractivity contribution in [3.8, 4) is 0 Å². The molecule has 10 heteroatoms. The molecule has 0 spiro atoms. The second kappa shape index (κ2) is 7.75. The zero-order valence-electron chi connectivity index (χ0n) is 16.5. The van der Waals surface area contributed by atoms with Crippen LogP contribution in [-0.4, -0.2) is 53.3 Å². The fourth-order valence-corrected chi connectivity index (χ4v) is 3.91. The zero-order chi connectivity index (χ0) is 22.3. The van der Waals surface area contributed by atoms with Crippen molar-refractivity contribution in [2.45, 2.75) is 31.1 Å². The Morgan fingerprint density at radius 2 is 1.97 bits per heavy atom. The Kier molecular flexibility index (Phi) is 5.24. The Hall–Kier alpha value is -3.30. The van der Waals surface area contributed by atoms with Gasteiger partial charge in [0.1, 0.15) is 6.54 Å². The van der Waals surface area contributed by atoms with E-state index in [2.05, 4.69) is 17.2 Å². The number of alkyl halides is 3. The third-order valence-corrected chi connectivity index (χ3v) is 5.46. The summed E-state index contributed by atoms with van der Waals surface area (Å²) in [7, 11) is 0. The number of carbonyl (C=O) groups is 3. The lowest BCUT2D eigenvalue weighted by atomic mass is 9.91. The molecule has 1 saturated carbocycles. The molecule has 7 nitrogen and oxygen atoms in total. The largest absolute Gasteiger partial charge is 0.416 e. The van der Waals surface area contributed by atoms with E-state index in [1.807, 2.05) is 0 Å². The van der Waals surface area contributed by atoms with Crippen molar-refractivity contribution in [3.63, 3.8) is 0 Å². The van der Waals surface area contributed by atoms with Gasteiger partial charge in [0, 0.05) is 12.6 Å². The van der Waals surface area contributed by atoms with Crippen LogP contribution in [0.3, 0.4) is 0 Å². The van der Waals surface area contributed by atoms with E-state index in [4.69, 9.17) is 0 Å². The number of urea groups is 1. The minimum atomic E-state index is -4.66. The molecule has 2 N–H and O–H groups in total. The molecule has 0 radical (unpaired) electrons. The topological polar surface area (TPSA) is 81.8 Å². The van der Waals surface area contributed by atoms with Gasteiger partial charge in [-0.2, -0.15) is 13.2 Å². The number of hydrogen-bond acceptors (Lipinski definition) is 3. The molecule has 0 saturated heterocycles. The monoisotopic (exact) mass is 434 g/mol. The maximum absolute atomic E-state index is 13.6. The van der Waals surface area contributed by atoms with Gasteiger partial charge in [-0.25, -0.2) is 4.79 Å². The van der Waals surface area contributed by atoms with E-state index in [1.165, 1.54) is 34.1 Å². The summed E-state index contributed by atoms with van der Waals surface area (Å²) in [6.07, 6.45) is -1.43. The summed E-state index contributed by atoms with van der Waals surface area (Å²) in [5, 5.41) is 5.32. The average Bonchev–Trinajstić information content (AvgIpc) is 3.46. The number of halogens is 3. The van der Waals surface area contributed by atoms with Gasteiger partial charge in [-0.3, -0.25) is 14.5 Å². The molecule has 3 aliphatic rings. The van der Waals surface area contributed by atoms with Gasteiger partial charge in [0.05, 0.1) is 29.4 Å². The molecule has 1 aromatic carbocycles. The fourth-order valence-electron chi connectivity index (χ4n) is 3.91. The summed E-state index contributed by atoms with van der Waals surface area (Å²) in [5.74, 6) is -0.908. The van der Waals surface area contributed by atoms with Crippen LogP contribution in [0.2, 0.25) is 0 Å². The number of nitrogens with one attached hydrogen (secondary N) is 2. The molecule has 0 bridgehead atoms. The molecule has 1 fully saturated rings. The van der Waals surface area contributed by atoms with Crippen molar-refractivity contribution in [2.75, 3.05) is 19.6 Å². The molecule has 4 amide bonds. The Bertz CT molecular complexity index is 984. The fraction of sp³-hybridized carbons (Fsp3) is 0.381. The van der Waals surface area contributed by atoms with E-state index in [0.717, 1.165) is 18.9 Å². The number of carbonyl (C=O) groups excluding carboxylic acids is 3. The predicted molar refractivity (Wildman–Crippen MR) is 104 cm³/mol. The third kappa shape index (κ3) is 4.01. The third-order valence-electron chi connectivity index (χ3n) is 5.46. The highest BCUT2D eigenvalue weighted by atomic mass is 19.4. The number of rotatable bonds is 6. The minimum absolute atomic E-state index is 0.0392. The Balaban J connectivity index is 1.71. The molecule has 4 rings (SSSR count). The van der Waals surface area contributed by atoms with Crippen molar-refractivity contribution in [1.82, 2.24) is 20.4 Å². The SMILES string of the molecule is C=CCN1C(=O)NC(c2ccccc2C(F)(F)F)C2=C1CN(CC(=O)NC1CC1)C2=O. The maximum Gasteiger partial charge on any atom is 0.416 e. The van der Waals surface area contributed by atoms with Gasteiger partial charge in [0.25, 0.3) is 5.91 Å². The second-order valence-electron chi connectivity index (χ2n) is 7.73. The van der Waals surface area contributed by atoms with Crippen LogP contribution >= 0.6 is 0 Å². The molecular formula is C21H21F3N4O3. The van der Waals surface area contributed by atoms with Gasteiger partial charge >= 0.3 is 12.2 Å². The number of benzene rings is 1. The molecule has 0 aromatic heterocycles. The summed E-state index contributed by atoms with van der Waals surface area (Å²) in [4.78, 5) is 40.6. The van der Waals surface area contributed by atoms with E-state index in [0.29, 0.717) is 0 Å². The van der Waals surface area contributed by atoms with Crippen molar-refractivity contribution in [3.05, 3.63) is 59.3 Å². The Morgan fingerprint density at radius 1 is 1.26 bits per heavy atom. The maximum atomic E-state index is 13.6. The average molecular weight is 434 g/mol. The molecule has 1 aromatic rings. The molecule has 31 heavy (non-hydrogen) atoms. The number of nitrogens with zero attached hydrogens (tertiary/aromatic N) is 2. The van der Waals surface area contributed by atoms with E-state index in [1.54, 1.807) is 0 Å². The highest BCUT2D eigenvalue weighted by Gasteiger charge is 2.46. The summed E-state index contributed by atoms with van der Waals surface area (Å²) in [6.45, 7) is 3.40. The van der Waals surface area contributed by atoms with Crippen molar-refractivity contribution < 1.29 is 27.6 Å². The Morgan fingerprint density at radius 3 is 2.61 bits per heavy atom. The molecular weight excluding hydrogens is 413 g/mol. The first-order chi connectivity index (χ1) is 14.7. The Labute approximate surface area is 176 Å². The first-order valence-electron chi connectivity index (χ1n) is 9.87. The molecule has 1 aliphatic carbocycles. The summed E-state index contributed by atoms with van der Waals surface area (Å²) < 4.78 is 40.8. The second-order valence-corrected chi connectivity index (χ2v) is 7.73. The summed E-state index contributed by atoms with van der Waals surface area (Å²) in [5.41, 5.74) is -0.819. The van der Waals surface area contributed by atoms with Crippen LogP contribution in [0.1, 0.15) is 30.0 Å². The van der Waals surface area contributed by atoms with E-state index >= 15 is 0 Å². The molecule has 1 atom stereocenters. The van der Waals surface area contributed by atoms with Gasteiger partial charge in [-0.05, 0) is 24.5 Å². The molecule has 1 unspecified atom stereocenters. The lowest BCUT2D eigenvalue weighted by molar-refractivity contribution is -0.138. The van der Waals surface area contributed by atoms with Gasteiger partial charge in [-0.1, -0.05) is 24.3 Å². The van der Waals surface area contributed by atoms with E-state index < -0.39 is 29.7 Å². The van der Waals surface area contributed by atoms with Gasteiger partial charge in [0.15, 0.2) is 0 Å².